The van der Waals surface area contributed by atoms with E-state index in [-0.39, 0.29) is 64.3 Å². The van der Waals surface area contributed by atoms with Gasteiger partial charge in [-0.15, -0.1) is 0 Å². The van der Waals surface area contributed by atoms with E-state index in [1.165, 1.54) is 24.3 Å². The second-order valence-corrected chi connectivity index (χ2v) is 9.53. The first kappa shape index (κ1) is 32.5. The molecule has 0 atom stereocenters. The second-order valence-electron chi connectivity index (χ2n) is 9.53. The Hall–Kier alpha value is -5.38. The number of primary amides is 1. The standard InChI is InChI=1S/C33H33N3O9/c34-31(38)26-11-13-28(14-12-26)45-33(40)44-22-20-42-18-17-41-19-21-43-32(39)35-16-15-30(37)36-23-27-7-2-1-5-24(27)9-10-25-6-3-4-8-29(25)36/h1-8,11-14H,15-23H2,(H2,34,38)(H,35,39). The first-order valence-corrected chi connectivity index (χ1v) is 14.2. The zero-order valence-electron chi connectivity index (χ0n) is 24.5. The molecule has 0 fully saturated rings. The average molecular weight is 616 g/mol. The van der Waals surface area contributed by atoms with Gasteiger partial charge >= 0.3 is 12.2 Å². The van der Waals surface area contributed by atoms with Gasteiger partial charge < -0.3 is 39.6 Å². The number of nitrogens with zero attached hydrogens (tertiary/aromatic N) is 1. The van der Waals surface area contributed by atoms with Crippen LogP contribution < -0.4 is 20.7 Å². The van der Waals surface area contributed by atoms with E-state index < -0.39 is 18.2 Å². The Bertz CT molecular complexity index is 1550. The summed E-state index contributed by atoms with van der Waals surface area (Å²) in [4.78, 5) is 49.7. The molecule has 0 spiro atoms. The molecule has 1 aliphatic rings. The summed E-state index contributed by atoms with van der Waals surface area (Å²) in [5, 5.41) is 2.59. The van der Waals surface area contributed by atoms with E-state index in [4.69, 9.17) is 29.4 Å². The monoisotopic (exact) mass is 615 g/mol. The van der Waals surface area contributed by atoms with Gasteiger partial charge in [-0.25, -0.2) is 9.59 Å². The van der Waals surface area contributed by atoms with Gasteiger partial charge in [-0.1, -0.05) is 42.2 Å². The third-order valence-electron chi connectivity index (χ3n) is 6.40. The van der Waals surface area contributed by atoms with Crippen LogP contribution in [-0.2, 0) is 30.3 Å². The van der Waals surface area contributed by atoms with Crippen molar-refractivity contribution in [2.45, 2.75) is 13.0 Å². The molecule has 3 aromatic rings. The van der Waals surface area contributed by atoms with Crippen LogP contribution in [0.1, 0.15) is 33.5 Å². The highest BCUT2D eigenvalue weighted by atomic mass is 16.7. The number of ether oxygens (including phenoxy) is 5. The van der Waals surface area contributed by atoms with Crippen molar-refractivity contribution in [2.24, 2.45) is 5.73 Å². The number of carbonyl (C=O) groups excluding carboxylic acids is 4. The smallest absolute Gasteiger partial charge is 0.447 e. The van der Waals surface area contributed by atoms with Gasteiger partial charge in [-0.2, -0.15) is 0 Å². The van der Waals surface area contributed by atoms with E-state index in [9.17, 15) is 19.2 Å². The van der Waals surface area contributed by atoms with E-state index in [1.807, 2.05) is 48.5 Å². The Morgan fingerprint density at radius 3 is 2.11 bits per heavy atom. The zero-order valence-corrected chi connectivity index (χ0v) is 24.5. The third-order valence-corrected chi connectivity index (χ3v) is 6.40. The number of nitrogens with one attached hydrogen (secondary N) is 1. The van der Waals surface area contributed by atoms with Gasteiger partial charge in [0.05, 0.1) is 38.7 Å². The maximum absolute atomic E-state index is 13.2. The van der Waals surface area contributed by atoms with Crippen LogP contribution in [0.3, 0.4) is 0 Å². The predicted octanol–water partition coefficient (Wildman–Crippen LogP) is 3.40. The summed E-state index contributed by atoms with van der Waals surface area (Å²) in [7, 11) is 0. The quantitative estimate of drug-likeness (QED) is 0.120. The van der Waals surface area contributed by atoms with Gasteiger partial charge in [0, 0.05) is 29.7 Å². The van der Waals surface area contributed by atoms with Crippen LogP contribution in [0, 0.1) is 11.8 Å². The fourth-order valence-electron chi connectivity index (χ4n) is 4.18. The maximum atomic E-state index is 13.2. The van der Waals surface area contributed by atoms with Gasteiger partial charge in [0.1, 0.15) is 19.0 Å². The highest BCUT2D eigenvalue weighted by molar-refractivity contribution is 5.95. The average Bonchev–Trinajstić information content (AvgIpc) is 3.03. The number of amides is 3. The molecule has 12 nitrogen and oxygen atoms in total. The lowest BCUT2D eigenvalue weighted by molar-refractivity contribution is -0.118. The topological polar surface area (TPSA) is 156 Å². The third kappa shape index (κ3) is 10.4. The molecular formula is C33H33N3O9. The molecule has 0 unspecified atom stereocenters. The van der Waals surface area contributed by atoms with E-state index in [2.05, 4.69) is 17.2 Å². The molecule has 3 aromatic carbocycles. The van der Waals surface area contributed by atoms with Crippen molar-refractivity contribution in [3.05, 3.63) is 95.1 Å². The Kier molecular flexibility index (Phi) is 12.3. The molecular weight excluding hydrogens is 582 g/mol. The molecule has 0 saturated heterocycles. The molecule has 0 bridgehead atoms. The number of nitrogens with two attached hydrogens (primary N) is 1. The van der Waals surface area contributed by atoms with Crippen LogP contribution in [0.2, 0.25) is 0 Å². The highest BCUT2D eigenvalue weighted by Crippen LogP contribution is 2.25. The minimum absolute atomic E-state index is 0.0180. The van der Waals surface area contributed by atoms with Crippen LogP contribution in [0.25, 0.3) is 0 Å². The van der Waals surface area contributed by atoms with E-state index in [0.717, 1.165) is 22.4 Å². The lowest BCUT2D eigenvalue weighted by Gasteiger charge is -2.26. The van der Waals surface area contributed by atoms with Crippen LogP contribution in [0.4, 0.5) is 15.3 Å². The minimum Gasteiger partial charge on any atom is -0.447 e. The van der Waals surface area contributed by atoms with Crippen LogP contribution in [-0.4, -0.2) is 70.2 Å². The number of fused-ring (bicyclic) bond motifs is 2. The molecule has 234 valence electrons. The number of benzene rings is 3. The normalized spacial score (nSPS) is 11.4. The summed E-state index contributed by atoms with van der Waals surface area (Å²) in [5.41, 5.74) is 8.77. The van der Waals surface area contributed by atoms with Crippen molar-refractivity contribution >= 4 is 29.8 Å². The Labute approximate surface area is 260 Å². The highest BCUT2D eigenvalue weighted by Gasteiger charge is 2.21. The zero-order chi connectivity index (χ0) is 31.9. The summed E-state index contributed by atoms with van der Waals surface area (Å²) < 4.78 is 25.6. The molecule has 0 aromatic heterocycles. The fraction of sp³-hybridized carbons (Fsp3) is 0.273. The molecule has 1 heterocycles. The number of alkyl carbamates (subject to hydrolysis) is 1. The van der Waals surface area contributed by atoms with Gasteiger partial charge in [0.2, 0.25) is 11.8 Å². The Balaban J connectivity index is 1.04. The molecule has 12 heteroatoms. The van der Waals surface area contributed by atoms with E-state index in [1.54, 1.807) is 4.90 Å². The molecule has 3 amide bonds. The summed E-state index contributed by atoms with van der Waals surface area (Å²) in [6, 6.07) is 20.9. The van der Waals surface area contributed by atoms with Gasteiger partial charge in [0.25, 0.3) is 0 Å². The van der Waals surface area contributed by atoms with Crippen molar-refractivity contribution in [1.82, 2.24) is 5.32 Å². The lowest BCUT2D eigenvalue weighted by atomic mass is 10.0. The Morgan fingerprint density at radius 1 is 0.756 bits per heavy atom. The summed E-state index contributed by atoms with van der Waals surface area (Å²) in [5.74, 6) is 5.82. The van der Waals surface area contributed by atoms with Gasteiger partial charge in [0.15, 0.2) is 0 Å². The van der Waals surface area contributed by atoms with Crippen LogP contribution >= 0.6 is 0 Å². The number of para-hydroxylation sites is 1. The minimum atomic E-state index is -0.912. The van der Waals surface area contributed by atoms with Crippen LogP contribution in [0.5, 0.6) is 5.75 Å². The van der Waals surface area contributed by atoms with E-state index >= 15 is 0 Å². The molecule has 4 rings (SSSR count). The molecule has 0 radical (unpaired) electrons. The maximum Gasteiger partial charge on any atom is 0.513 e. The molecule has 0 aliphatic carbocycles. The fourth-order valence-corrected chi connectivity index (χ4v) is 4.18. The molecule has 3 N–H and O–H groups in total. The largest absolute Gasteiger partial charge is 0.513 e. The number of rotatable bonds is 14. The van der Waals surface area contributed by atoms with Crippen LogP contribution in [0.15, 0.2) is 72.8 Å². The van der Waals surface area contributed by atoms with Gasteiger partial charge in [-0.3, -0.25) is 9.59 Å². The SMILES string of the molecule is NC(=O)c1ccc(OC(=O)OCCOCCOCCOC(=O)NCCC(=O)N2Cc3ccccc3C#Cc3ccccc32)cc1. The number of carbonyl (C=O) groups is 4. The van der Waals surface area contributed by atoms with Crippen molar-refractivity contribution in [3.63, 3.8) is 0 Å². The van der Waals surface area contributed by atoms with Crippen molar-refractivity contribution in [3.8, 4) is 17.6 Å². The molecule has 45 heavy (non-hydrogen) atoms. The first-order chi connectivity index (χ1) is 21.9. The molecule has 0 saturated carbocycles. The van der Waals surface area contributed by atoms with Crippen molar-refractivity contribution in [2.75, 3.05) is 51.1 Å². The number of anilines is 1. The number of hydrogen-bond acceptors (Lipinski definition) is 9. The second kappa shape index (κ2) is 17.0. The first-order valence-electron chi connectivity index (χ1n) is 14.2. The Morgan fingerprint density at radius 2 is 1.38 bits per heavy atom. The van der Waals surface area contributed by atoms with Crippen molar-refractivity contribution < 1.29 is 42.9 Å². The summed E-state index contributed by atoms with van der Waals surface area (Å²) in [6.07, 6.45) is -1.48. The van der Waals surface area contributed by atoms with E-state index in [0.29, 0.717) is 12.1 Å². The lowest BCUT2D eigenvalue weighted by Crippen LogP contribution is -2.35. The molecule has 1 aliphatic heterocycles. The number of hydrogen-bond donors (Lipinski definition) is 2. The predicted molar refractivity (Wildman–Crippen MR) is 163 cm³/mol. The van der Waals surface area contributed by atoms with Gasteiger partial charge in [-0.05, 0) is 48.0 Å². The summed E-state index contributed by atoms with van der Waals surface area (Å²) in [6.45, 7) is 1.21. The summed E-state index contributed by atoms with van der Waals surface area (Å²) >= 11 is 0. The van der Waals surface area contributed by atoms with Crippen molar-refractivity contribution in [1.29, 1.82) is 0 Å².